The molecule has 2 rings (SSSR count). The maximum atomic E-state index is 12.0. The fourth-order valence-electron chi connectivity index (χ4n) is 2.01. The Kier molecular flexibility index (Phi) is 5.54. The molecule has 0 bridgehead atoms. The molecule has 0 radical (unpaired) electrons. The van der Waals surface area contributed by atoms with Crippen molar-refractivity contribution in [1.82, 2.24) is 0 Å². The van der Waals surface area contributed by atoms with Crippen LogP contribution in [0.5, 0.6) is 5.75 Å². The molecule has 0 heterocycles. The minimum Gasteiger partial charge on any atom is -0.483 e. The highest BCUT2D eigenvalue weighted by molar-refractivity contribution is 14.1. The number of aryl methyl sites for hydroxylation is 2. The zero-order chi connectivity index (χ0) is 17.0. The second-order valence-electron chi connectivity index (χ2n) is 5.00. The first-order valence-corrected chi connectivity index (χ1v) is 7.88. The predicted molar refractivity (Wildman–Crippen MR) is 95.9 cm³/mol. The van der Waals surface area contributed by atoms with Gasteiger partial charge >= 0.3 is 0 Å². The summed E-state index contributed by atoms with van der Waals surface area (Å²) in [6.07, 6.45) is 0. The third kappa shape index (κ3) is 4.65. The summed E-state index contributed by atoms with van der Waals surface area (Å²) in [7, 11) is 0. The second-order valence-corrected chi connectivity index (χ2v) is 6.25. The number of nitro groups is 1. The van der Waals surface area contributed by atoms with E-state index in [2.05, 4.69) is 27.9 Å². The fourth-order valence-corrected chi connectivity index (χ4v) is 2.65. The molecule has 6 nitrogen and oxygen atoms in total. The van der Waals surface area contributed by atoms with E-state index < -0.39 is 4.92 Å². The predicted octanol–water partition coefficient (Wildman–Crippen LogP) is 3.83. The molecule has 2 aromatic carbocycles. The monoisotopic (exact) mass is 426 g/mol. The highest BCUT2D eigenvalue weighted by atomic mass is 127. The number of ether oxygens (including phenoxy) is 1. The number of rotatable bonds is 5. The Morgan fingerprint density at radius 1 is 1.22 bits per heavy atom. The Bertz CT molecular complexity index is 762. The molecule has 1 amide bonds. The molecular formula is C16H15IN2O4. The molecule has 0 aliphatic heterocycles. The van der Waals surface area contributed by atoms with Crippen LogP contribution in [-0.4, -0.2) is 17.4 Å². The van der Waals surface area contributed by atoms with Gasteiger partial charge in [0.1, 0.15) is 5.75 Å². The van der Waals surface area contributed by atoms with E-state index in [0.29, 0.717) is 11.3 Å². The molecule has 1 N–H and O–H groups in total. The van der Waals surface area contributed by atoms with E-state index in [4.69, 9.17) is 4.74 Å². The van der Waals surface area contributed by atoms with Crippen LogP contribution in [0.15, 0.2) is 36.4 Å². The quantitative estimate of drug-likeness (QED) is 0.448. The van der Waals surface area contributed by atoms with E-state index in [1.54, 1.807) is 6.92 Å². The van der Waals surface area contributed by atoms with Crippen LogP contribution in [0.4, 0.5) is 11.4 Å². The van der Waals surface area contributed by atoms with Crippen molar-refractivity contribution in [3.8, 4) is 5.75 Å². The number of hydrogen-bond donors (Lipinski definition) is 1. The van der Waals surface area contributed by atoms with Gasteiger partial charge < -0.3 is 10.1 Å². The molecule has 0 saturated carbocycles. The average molecular weight is 426 g/mol. The Balaban J connectivity index is 1.98. The number of nitrogens with one attached hydrogen (secondary N) is 1. The average Bonchev–Trinajstić information content (AvgIpc) is 2.48. The second kappa shape index (κ2) is 7.40. The molecule has 120 valence electrons. The summed E-state index contributed by atoms with van der Waals surface area (Å²) in [6, 6.07) is 9.98. The van der Waals surface area contributed by atoms with Crippen molar-refractivity contribution in [3.63, 3.8) is 0 Å². The number of carbonyl (C=O) groups is 1. The molecule has 2 aromatic rings. The minimum absolute atomic E-state index is 0.00573. The van der Waals surface area contributed by atoms with Crippen LogP contribution >= 0.6 is 22.6 Å². The van der Waals surface area contributed by atoms with Gasteiger partial charge in [0.15, 0.2) is 6.61 Å². The summed E-state index contributed by atoms with van der Waals surface area (Å²) in [5.41, 5.74) is 2.31. The number of nitro benzene ring substituents is 1. The Morgan fingerprint density at radius 2 is 1.96 bits per heavy atom. The number of non-ortho nitro benzene ring substituents is 1. The summed E-state index contributed by atoms with van der Waals surface area (Å²) >= 11 is 2.21. The van der Waals surface area contributed by atoms with Gasteiger partial charge in [-0.15, -0.1) is 0 Å². The lowest BCUT2D eigenvalue weighted by Crippen LogP contribution is -2.20. The van der Waals surface area contributed by atoms with Gasteiger partial charge in [-0.05, 0) is 71.8 Å². The molecule has 0 aliphatic carbocycles. The highest BCUT2D eigenvalue weighted by Crippen LogP contribution is 2.23. The third-order valence-electron chi connectivity index (χ3n) is 3.19. The first-order valence-electron chi connectivity index (χ1n) is 6.80. The van der Waals surface area contributed by atoms with Gasteiger partial charge in [0.2, 0.25) is 0 Å². The SMILES string of the molecule is Cc1cc(I)ccc1NC(=O)COc1ccc([N+](=O)[O-])cc1C. The van der Waals surface area contributed by atoms with Crippen LogP contribution < -0.4 is 10.1 Å². The molecule has 0 spiro atoms. The van der Waals surface area contributed by atoms with E-state index in [1.807, 2.05) is 25.1 Å². The van der Waals surface area contributed by atoms with E-state index >= 15 is 0 Å². The molecule has 0 unspecified atom stereocenters. The molecule has 0 aliphatic rings. The number of halogens is 1. The van der Waals surface area contributed by atoms with Gasteiger partial charge in [-0.2, -0.15) is 0 Å². The van der Waals surface area contributed by atoms with Crippen molar-refractivity contribution >= 4 is 39.9 Å². The first kappa shape index (κ1) is 17.2. The molecule has 23 heavy (non-hydrogen) atoms. The first-order chi connectivity index (χ1) is 10.9. The van der Waals surface area contributed by atoms with Crippen molar-refractivity contribution in [2.45, 2.75) is 13.8 Å². The number of carbonyl (C=O) groups excluding carboxylic acids is 1. The smallest absolute Gasteiger partial charge is 0.269 e. The molecule has 0 aromatic heterocycles. The normalized spacial score (nSPS) is 10.2. The number of nitrogens with zero attached hydrogens (tertiary/aromatic N) is 1. The topological polar surface area (TPSA) is 81.5 Å². The largest absolute Gasteiger partial charge is 0.483 e. The van der Waals surface area contributed by atoms with Crippen LogP contribution in [0.2, 0.25) is 0 Å². The molecule has 0 atom stereocenters. The lowest BCUT2D eigenvalue weighted by Gasteiger charge is -2.11. The Morgan fingerprint density at radius 3 is 2.57 bits per heavy atom. The number of hydrogen-bond acceptors (Lipinski definition) is 4. The summed E-state index contributed by atoms with van der Waals surface area (Å²) < 4.78 is 6.53. The van der Waals surface area contributed by atoms with Gasteiger partial charge in [0, 0.05) is 21.4 Å². The van der Waals surface area contributed by atoms with Gasteiger partial charge in [0.25, 0.3) is 11.6 Å². The van der Waals surface area contributed by atoms with E-state index in [9.17, 15) is 14.9 Å². The summed E-state index contributed by atoms with van der Waals surface area (Å²) in [4.78, 5) is 22.2. The van der Waals surface area contributed by atoms with Crippen molar-refractivity contribution in [3.05, 3.63) is 61.2 Å². The van der Waals surface area contributed by atoms with Crippen LogP contribution in [0, 0.1) is 27.5 Å². The number of anilines is 1. The number of amides is 1. The molecule has 0 saturated heterocycles. The minimum atomic E-state index is -0.469. The maximum Gasteiger partial charge on any atom is 0.269 e. The Hall–Kier alpha value is -2.16. The van der Waals surface area contributed by atoms with Crippen LogP contribution in [-0.2, 0) is 4.79 Å². The summed E-state index contributed by atoms with van der Waals surface area (Å²) in [5.74, 6) is 0.164. The zero-order valence-electron chi connectivity index (χ0n) is 12.6. The molecular weight excluding hydrogens is 411 g/mol. The number of benzene rings is 2. The lowest BCUT2D eigenvalue weighted by molar-refractivity contribution is -0.384. The van der Waals surface area contributed by atoms with Gasteiger partial charge in [-0.3, -0.25) is 14.9 Å². The van der Waals surface area contributed by atoms with Crippen molar-refractivity contribution in [1.29, 1.82) is 0 Å². The zero-order valence-corrected chi connectivity index (χ0v) is 14.8. The van der Waals surface area contributed by atoms with Crippen LogP contribution in [0.1, 0.15) is 11.1 Å². The van der Waals surface area contributed by atoms with Crippen molar-refractivity contribution in [2.75, 3.05) is 11.9 Å². The van der Waals surface area contributed by atoms with Gasteiger partial charge in [-0.25, -0.2) is 0 Å². The standard InChI is InChI=1S/C16H15IN2O4/c1-10-7-12(17)3-5-14(10)18-16(20)9-23-15-6-4-13(19(21)22)8-11(15)2/h3-8H,9H2,1-2H3,(H,18,20). The van der Waals surface area contributed by atoms with Gasteiger partial charge in [-0.1, -0.05) is 0 Å². The van der Waals surface area contributed by atoms with E-state index in [1.165, 1.54) is 18.2 Å². The molecule has 0 fully saturated rings. The fraction of sp³-hybridized carbons (Fsp3) is 0.188. The van der Waals surface area contributed by atoms with Crippen molar-refractivity contribution < 1.29 is 14.5 Å². The summed E-state index contributed by atoms with van der Waals surface area (Å²) in [5, 5.41) is 13.5. The molecule has 7 heteroatoms. The van der Waals surface area contributed by atoms with Crippen LogP contribution in [0.3, 0.4) is 0 Å². The lowest BCUT2D eigenvalue weighted by atomic mass is 10.2. The van der Waals surface area contributed by atoms with E-state index in [-0.39, 0.29) is 18.2 Å². The van der Waals surface area contributed by atoms with Crippen molar-refractivity contribution in [2.24, 2.45) is 0 Å². The third-order valence-corrected chi connectivity index (χ3v) is 3.86. The Labute approximate surface area is 147 Å². The van der Waals surface area contributed by atoms with E-state index in [0.717, 1.165) is 14.8 Å². The van der Waals surface area contributed by atoms with Gasteiger partial charge in [0.05, 0.1) is 4.92 Å². The highest BCUT2D eigenvalue weighted by Gasteiger charge is 2.11. The van der Waals surface area contributed by atoms with Crippen LogP contribution in [0.25, 0.3) is 0 Å². The summed E-state index contributed by atoms with van der Waals surface area (Å²) in [6.45, 7) is 3.45. The maximum absolute atomic E-state index is 12.0.